The molecule has 0 unspecified atom stereocenters. The van der Waals surface area contributed by atoms with E-state index in [1.54, 1.807) is 31.3 Å². The number of ether oxygens (including phenoxy) is 1. The SMILES string of the molecule is CC.CNc1cc2c(cn1)N(C)C(=O)CO2. The van der Waals surface area contributed by atoms with E-state index in [0.717, 1.165) is 5.82 Å². The van der Waals surface area contributed by atoms with Gasteiger partial charge in [0, 0.05) is 20.2 Å². The van der Waals surface area contributed by atoms with Gasteiger partial charge in [0.1, 0.15) is 17.3 Å². The maximum Gasteiger partial charge on any atom is 0.264 e. The molecular weight excluding hydrogens is 206 g/mol. The lowest BCUT2D eigenvalue weighted by atomic mass is 10.3. The third kappa shape index (κ3) is 2.24. The lowest BCUT2D eigenvalue weighted by molar-refractivity contribution is -0.120. The number of pyridine rings is 1. The van der Waals surface area contributed by atoms with Gasteiger partial charge < -0.3 is 15.0 Å². The molecule has 0 radical (unpaired) electrons. The molecule has 16 heavy (non-hydrogen) atoms. The number of fused-ring (bicyclic) bond motifs is 1. The molecule has 0 fully saturated rings. The minimum Gasteiger partial charge on any atom is -0.481 e. The lowest BCUT2D eigenvalue weighted by Crippen LogP contribution is -2.35. The first-order valence-electron chi connectivity index (χ1n) is 5.29. The fourth-order valence-corrected chi connectivity index (χ4v) is 1.30. The Morgan fingerprint density at radius 2 is 2.19 bits per heavy atom. The van der Waals surface area contributed by atoms with Crippen LogP contribution in [0.2, 0.25) is 0 Å². The van der Waals surface area contributed by atoms with Crippen molar-refractivity contribution in [1.29, 1.82) is 0 Å². The second-order valence-electron chi connectivity index (χ2n) is 3.03. The Balaban J connectivity index is 0.000000606. The number of carbonyl (C=O) groups is 1. The van der Waals surface area contributed by atoms with E-state index in [1.165, 1.54) is 0 Å². The molecule has 2 heterocycles. The molecule has 1 N–H and O–H groups in total. The van der Waals surface area contributed by atoms with Crippen molar-refractivity contribution in [1.82, 2.24) is 4.98 Å². The summed E-state index contributed by atoms with van der Waals surface area (Å²) in [7, 11) is 3.50. The standard InChI is InChI=1S/C9H11N3O2.C2H6/c1-10-8-3-7-6(4-11-8)12(2)9(13)5-14-7;1-2/h3-4H,5H2,1-2H3,(H,10,11);1-2H3. The van der Waals surface area contributed by atoms with Gasteiger partial charge in [0.25, 0.3) is 5.91 Å². The number of amides is 1. The quantitative estimate of drug-likeness (QED) is 0.784. The van der Waals surface area contributed by atoms with E-state index >= 15 is 0 Å². The van der Waals surface area contributed by atoms with Crippen LogP contribution >= 0.6 is 0 Å². The zero-order valence-corrected chi connectivity index (χ0v) is 10.1. The molecule has 0 aromatic carbocycles. The summed E-state index contributed by atoms with van der Waals surface area (Å²) >= 11 is 0. The summed E-state index contributed by atoms with van der Waals surface area (Å²) in [6, 6.07) is 1.78. The normalized spacial score (nSPS) is 13.2. The third-order valence-electron chi connectivity index (χ3n) is 2.19. The average Bonchev–Trinajstić information content (AvgIpc) is 2.36. The molecule has 0 atom stereocenters. The van der Waals surface area contributed by atoms with Gasteiger partial charge in [0.05, 0.1) is 6.20 Å². The second-order valence-corrected chi connectivity index (χ2v) is 3.03. The van der Waals surface area contributed by atoms with Gasteiger partial charge >= 0.3 is 0 Å². The van der Waals surface area contributed by atoms with Crippen LogP contribution < -0.4 is 15.0 Å². The number of hydrogen-bond donors (Lipinski definition) is 1. The van der Waals surface area contributed by atoms with Crippen molar-refractivity contribution < 1.29 is 9.53 Å². The molecule has 2 rings (SSSR count). The van der Waals surface area contributed by atoms with Crippen molar-refractivity contribution in [2.45, 2.75) is 13.8 Å². The van der Waals surface area contributed by atoms with Crippen LogP contribution in [0.15, 0.2) is 12.3 Å². The number of aromatic nitrogens is 1. The first-order valence-corrected chi connectivity index (χ1v) is 5.29. The summed E-state index contributed by atoms with van der Waals surface area (Å²) in [5.41, 5.74) is 0.709. The topological polar surface area (TPSA) is 54.5 Å². The largest absolute Gasteiger partial charge is 0.481 e. The Morgan fingerprint density at radius 3 is 2.81 bits per heavy atom. The van der Waals surface area contributed by atoms with Crippen molar-refractivity contribution in [3.8, 4) is 5.75 Å². The Bertz CT molecular complexity index is 379. The van der Waals surface area contributed by atoms with Crippen molar-refractivity contribution in [3.63, 3.8) is 0 Å². The number of hydrogen-bond acceptors (Lipinski definition) is 4. The third-order valence-corrected chi connectivity index (χ3v) is 2.19. The number of anilines is 2. The maximum atomic E-state index is 11.3. The van der Waals surface area contributed by atoms with E-state index in [9.17, 15) is 4.79 Å². The highest BCUT2D eigenvalue weighted by molar-refractivity contribution is 5.97. The smallest absolute Gasteiger partial charge is 0.264 e. The summed E-state index contributed by atoms with van der Waals surface area (Å²) in [5.74, 6) is 1.36. The van der Waals surface area contributed by atoms with Gasteiger partial charge in [-0.2, -0.15) is 0 Å². The van der Waals surface area contributed by atoms with E-state index in [-0.39, 0.29) is 12.5 Å². The average molecular weight is 223 g/mol. The van der Waals surface area contributed by atoms with E-state index < -0.39 is 0 Å². The van der Waals surface area contributed by atoms with Crippen molar-refractivity contribution in [2.24, 2.45) is 0 Å². The van der Waals surface area contributed by atoms with Crippen LogP contribution in [0.3, 0.4) is 0 Å². The predicted molar refractivity (Wildman–Crippen MR) is 64.0 cm³/mol. The molecular formula is C11H17N3O2. The van der Waals surface area contributed by atoms with Crippen molar-refractivity contribution in [3.05, 3.63) is 12.3 Å². The fraction of sp³-hybridized carbons (Fsp3) is 0.455. The second kappa shape index (κ2) is 5.34. The molecule has 88 valence electrons. The summed E-state index contributed by atoms with van der Waals surface area (Å²) in [6.45, 7) is 4.09. The minimum absolute atomic E-state index is 0.0588. The van der Waals surface area contributed by atoms with Crippen LogP contribution in [-0.2, 0) is 4.79 Å². The monoisotopic (exact) mass is 223 g/mol. The molecule has 0 saturated heterocycles. The predicted octanol–water partition coefficient (Wildman–Crippen LogP) is 1.50. The summed E-state index contributed by atoms with van der Waals surface area (Å²) in [6.07, 6.45) is 1.62. The Labute approximate surface area is 95.4 Å². The molecule has 1 amide bonds. The molecule has 0 spiro atoms. The zero-order valence-electron chi connectivity index (χ0n) is 10.1. The highest BCUT2D eigenvalue weighted by Gasteiger charge is 2.22. The van der Waals surface area contributed by atoms with Crippen LogP contribution in [0, 0.1) is 0 Å². The number of nitrogens with zero attached hydrogens (tertiary/aromatic N) is 2. The zero-order chi connectivity index (χ0) is 12.1. The number of likely N-dealkylation sites (N-methyl/N-ethyl adjacent to an activating group) is 1. The van der Waals surface area contributed by atoms with E-state index in [2.05, 4.69) is 10.3 Å². The number of rotatable bonds is 1. The van der Waals surface area contributed by atoms with E-state index in [4.69, 9.17) is 4.74 Å². The fourth-order valence-electron chi connectivity index (χ4n) is 1.30. The van der Waals surface area contributed by atoms with Gasteiger partial charge in [-0.3, -0.25) is 4.79 Å². The number of nitrogens with one attached hydrogen (secondary N) is 1. The molecule has 1 aliphatic rings. The molecule has 0 aliphatic carbocycles. The Morgan fingerprint density at radius 1 is 1.50 bits per heavy atom. The summed E-state index contributed by atoms with van der Waals surface area (Å²) in [4.78, 5) is 16.9. The van der Waals surface area contributed by atoms with Crippen LogP contribution in [0.5, 0.6) is 5.75 Å². The minimum atomic E-state index is -0.0588. The van der Waals surface area contributed by atoms with E-state index in [0.29, 0.717) is 11.4 Å². The van der Waals surface area contributed by atoms with Crippen LogP contribution in [-0.4, -0.2) is 31.6 Å². The Kier molecular flexibility index (Phi) is 4.10. The highest BCUT2D eigenvalue weighted by atomic mass is 16.5. The summed E-state index contributed by atoms with van der Waals surface area (Å²) in [5, 5.41) is 2.91. The molecule has 0 saturated carbocycles. The molecule has 1 aromatic heterocycles. The van der Waals surface area contributed by atoms with Gasteiger partial charge in [-0.05, 0) is 0 Å². The number of carbonyl (C=O) groups excluding carboxylic acids is 1. The first kappa shape index (κ1) is 12.3. The molecule has 5 nitrogen and oxygen atoms in total. The van der Waals surface area contributed by atoms with Crippen LogP contribution in [0.1, 0.15) is 13.8 Å². The van der Waals surface area contributed by atoms with Gasteiger partial charge in [0.15, 0.2) is 6.61 Å². The van der Waals surface area contributed by atoms with Gasteiger partial charge in [-0.1, -0.05) is 13.8 Å². The van der Waals surface area contributed by atoms with Gasteiger partial charge in [0.2, 0.25) is 0 Å². The summed E-state index contributed by atoms with van der Waals surface area (Å²) < 4.78 is 5.28. The van der Waals surface area contributed by atoms with Gasteiger partial charge in [-0.15, -0.1) is 0 Å². The lowest BCUT2D eigenvalue weighted by Gasteiger charge is -2.25. The molecule has 0 bridgehead atoms. The van der Waals surface area contributed by atoms with Crippen LogP contribution in [0.25, 0.3) is 0 Å². The van der Waals surface area contributed by atoms with Crippen LogP contribution in [0.4, 0.5) is 11.5 Å². The van der Waals surface area contributed by atoms with Gasteiger partial charge in [-0.25, -0.2) is 4.98 Å². The van der Waals surface area contributed by atoms with Crippen molar-refractivity contribution >= 4 is 17.4 Å². The van der Waals surface area contributed by atoms with Crippen molar-refractivity contribution in [2.75, 3.05) is 30.9 Å². The Hall–Kier alpha value is -1.78. The molecule has 1 aliphatic heterocycles. The maximum absolute atomic E-state index is 11.3. The van der Waals surface area contributed by atoms with E-state index in [1.807, 2.05) is 13.8 Å². The highest BCUT2D eigenvalue weighted by Crippen LogP contribution is 2.31. The molecule has 5 heteroatoms. The first-order chi connectivity index (χ1) is 7.72. The molecule has 1 aromatic rings.